The zero-order valence-corrected chi connectivity index (χ0v) is 70.5. The van der Waals surface area contributed by atoms with E-state index in [4.69, 9.17) is 160 Å². The van der Waals surface area contributed by atoms with Crippen molar-refractivity contribution in [1.82, 2.24) is 0 Å². The van der Waals surface area contributed by atoms with Crippen molar-refractivity contribution in [3.05, 3.63) is 207 Å². The van der Waals surface area contributed by atoms with Gasteiger partial charge >= 0.3 is 13.4 Å². The summed E-state index contributed by atoms with van der Waals surface area (Å²) < 4.78 is 5.85. The first kappa shape index (κ1) is 84.6. The minimum absolute atomic E-state index is 0.671. The van der Waals surface area contributed by atoms with Crippen LogP contribution in [0.2, 0.25) is 55.9 Å². The molecule has 3 aliphatic carbocycles. The highest BCUT2D eigenvalue weighted by Gasteiger charge is 2.46. The van der Waals surface area contributed by atoms with E-state index in [1.165, 1.54) is 107 Å². The van der Waals surface area contributed by atoms with Gasteiger partial charge in [-0.2, -0.15) is 0 Å². The van der Waals surface area contributed by atoms with Crippen molar-refractivity contribution >= 4 is 241 Å². The van der Waals surface area contributed by atoms with E-state index in [-0.39, 0.29) is 0 Å². The molecule has 0 aromatic heterocycles. The lowest BCUT2D eigenvalue weighted by atomic mass is 9.99. The first-order chi connectivity index (χ1) is 41.1. The van der Waals surface area contributed by atoms with E-state index >= 15 is 0 Å². The summed E-state index contributed by atoms with van der Waals surface area (Å²) in [5.41, 5.74) is 5.33. The van der Waals surface area contributed by atoms with Crippen molar-refractivity contribution in [3.63, 3.8) is 0 Å². The van der Waals surface area contributed by atoms with Crippen LogP contribution in [-0.2, 0) is 4.43 Å². The normalized spacial score (nSPS) is 15.3. The minimum Gasteiger partial charge on any atom is -0.411 e. The Morgan fingerprint density at radius 3 is 0.784 bits per heavy atom. The topological polar surface area (TPSA) is 9.23 Å². The average molecular weight is 1610 g/mol. The molecule has 0 spiro atoms. The fraction of sp³-hybridized carbons (Fsp3) is 0.385. The second-order valence-electron chi connectivity index (χ2n) is 22.8. The van der Waals surface area contributed by atoms with Crippen molar-refractivity contribution in [2.24, 2.45) is 0 Å². The maximum Gasteiger partial charge on any atom is 0.310 e. The zero-order valence-electron chi connectivity index (χ0n) is 51.9. The lowest BCUT2D eigenvalue weighted by molar-refractivity contribution is 0.421. The molecular weight excluding hydrogens is 1520 g/mol. The van der Waals surface area contributed by atoms with E-state index in [1.807, 2.05) is 167 Å². The molecule has 23 heteroatoms. The molecule has 0 unspecified atom stereocenters. The molecule has 0 heterocycles. The van der Waals surface area contributed by atoms with Crippen LogP contribution in [0.25, 0.3) is 0 Å². The van der Waals surface area contributed by atoms with E-state index in [0.717, 1.165) is 20.7 Å². The van der Waals surface area contributed by atoms with Crippen LogP contribution in [0.15, 0.2) is 207 Å². The molecule has 0 N–H and O–H groups in total. The molecule has 0 bridgehead atoms. The van der Waals surface area contributed by atoms with Crippen LogP contribution in [0.1, 0.15) is 96.3 Å². The lowest BCUT2D eigenvalue weighted by Gasteiger charge is -2.38. The standard InChI is InChI=1S/C14H16OSi.C12H22Cl2Si.C12H10Cl2Si.C8H8Cl2Si.C7H14Cl2Si.C7H8Cl2Si.C3H6Cl2Si.C2H6Cl2Si/c1-15-16(2,13-9-5-3-6-10-13)14-11-7-4-8-12-14;2*13-15(14,11-7-3-1-4-8-11)12-9-5-2-6-10-12;1-2-11(9,10)8-6-4-3-5-7-8;2*1-10(8,9)7-5-3-2-4-6-7;1-3-6(2,4)5;1-5(2,3)4/h3-12H,1-2H3;11-12H,1-10H2;1-10H;2-7H,1H2;7H,2-6H2,1H3;2-6H,1H3;3H,1H2,2H3;1-2H3. The second kappa shape index (κ2) is 43.0. The van der Waals surface area contributed by atoms with E-state index in [1.54, 1.807) is 17.9 Å². The Labute approximate surface area is 604 Å². The predicted molar refractivity (Wildman–Crippen MR) is 428 cm³/mol. The van der Waals surface area contributed by atoms with Gasteiger partial charge in [0.1, 0.15) is 0 Å². The molecule has 3 aliphatic rings. The summed E-state index contributed by atoms with van der Waals surface area (Å²) in [5.74, 6) is 0. The summed E-state index contributed by atoms with van der Waals surface area (Å²) in [6, 6.07) is 60.1. The van der Waals surface area contributed by atoms with Gasteiger partial charge in [0, 0.05) is 7.11 Å². The lowest BCUT2D eigenvalue weighted by Crippen LogP contribution is -2.57. The Bertz CT molecular complexity index is 2650. The summed E-state index contributed by atoms with van der Waals surface area (Å²) in [6.45, 7) is 4.42. The van der Waals surface area contributed by atoms with Gasteiger partial charge in [0.25, 0.3) is 35.1 Å². The van der Waals surface area contributed by atoms with Crippen molar-refractivity contribution in [2.45, 2.75) is 152 Å². The summed E-state index contributed by atoms with van der Waals surface area (Å²) in [6.07, 6.45) is 20.1. The molecule has 88 heavy (non-hydrogen) atoms. The van der Waals surface area contributed by atoms with E-state index in [9.17, 15) is 0 Å². The van der Waals surface area contributed by atoms with E-state index < -0.39 is 55.2 Å². The highest BCUT2D eigenvalue weighted by Crippen LogP contribution is 2.52. The third-order valence-electron chi connectivity index (χ3n) is 15.0. The van der Waals surface area contributed by atoms with Crippen LogP contribution in [0.5, 0.6) is 0 Å². The quantitative estimate of drug-likeness (QED) is 0.0876. The molecular formula is C65H90Cl14OSi8. The van der Waals surface area contributed by atoms with Crippen LogP contribution >= 0.6 is 155 Å². The van der Waals surface area contributed by atoms with Gasteiger partial charge in [0.05, 0.1) is 0 Å². The van der Waals surface area contributed by atoms with Gasteiger partial charge in [-0.15, -0.1) is 168 Å². The van der Waals surface area contributed by atoms with Crippen LogP contribution in [0.3, 0.4) is 0 Å². The molecule has 6 aromatic rings. The molecule has 0 amide bonds. The number of halogens is 14. The summed E-state index contributed by atoms with van der Waals surface area (Å²) in [7, 11) is -0.164. The molecule has 0 radical (unpaired) electrons. The van der Waals surface area contributed by atoms with Crippen LogP contribution in [0, 0.1) is 0 Å². The molecule has 0 aliphatic heterocycles. The Morgan fingerprint density at radius 2 is 0.580 bits per heavy atom. The summed E-state index contributed by atoms with van der Waals surface area (Å²) in [5, 5.41) is 6.73. The Morgan fingerprint density at radius 1 is 0.341 bits per heavy atom. The summed E-state index contributed by atoms with van der Waals surface area (Å²) >= 11 is 84.7. The fourth-order valence-electron chi connectivity index (χ4n) is 9.80. The molecule has 9 rings (SSSR count). The van der Waals surface area contributed by atoms with Gasteiger partial charge in [-0.05, 0) is 87.0 Å². The van der Waals surface area contributed by atoms with Gasteiger partial charge in [0.15, 0.2) is 0 Å². The van der Waals surface area contributed by atoms with Gasteiger partial charge in [0.2, 0.25) is 6.69 Å². The third-order valence-corrected chi connectivity index (χ3v) is 42.5. The van der Waals surface area contributed by atoms with Gasteiger partial charge in [-0.25, -0.2) is 0 Å². The highest BCUT2D eigenvalue weighted by atomic mass is 35.7. The molecule has 1 nitrogen and oxygen atoms in total. The Hall–Kier alpha value is 0.555. The first-order valence-electron chi connectivity index (χ1n) is 29.9. The molecule has 486 valence electrons. The highest BCUT2D eigenvalue weighted by molar-refractivity contribution is 7.56. The maximum atomic E-state index is 6.80. The Kier molecular flexibility index (Phi) is 41.3. The summed E-state index contributed by atoms with van der Waals surface area (Å²) in [4.78, 5) is 0. The number of hydrogen-bond acceptors (Lipinski definition) is 1. The predicted octanol–water partition coefficient (Wildman–Crippen LogP) is 23.6. The van der Waals surface area contributed by atoms with Crippen LogP contribution < -0.4 is 31.1 Å². The smallest absolute Gasteiger partial charge is 0.310 e. The van der Waals surface area contributed by atoms with Gasteiger partial charge < -0.3 is 4.43 Å². The molecule has 3 saturated carbocycles. The maximum absolute atomic E-state index is 6.80. The molecule has 6 aromatic carbocycles. The van der Waals surface area contributed by atoms with E-state index in [2.05, 4.69) is 68.2 Å². The average Bonchev–Trinajstić information content (AvgIpc) is 3.72. The number of hydrogen-bond donors (Lipinski definition) is 0. The first-order valence-corrected chi connectivity index (χ1v) is 63.4. The number of benzene rings is 6. The van der Waals surface area contributed by atoms with Crippen LogP contribution in [0.4, 0.5) is 0 Å². The van der Waals surface area contributed by atoms with Crippen molar-refractivity contribution in [1.29, 1.82) is 0 Å². The molecule has 0 atom stereocenters. The van der Waals surface area contributed by atoms with Crippen LogP contribution in [-0.4, -0.2) is 62.3 Å². The van der Waals surface area contributed by atoms with Gasteiger partial charge in [-0.1, -0.05) is 290 Å². The molecule has 3 fully saturated rings. The van der Waals surface area contributed by atoms with Crippen molar-refractivity contribution in [2.75, 3.05) is 7.11 Å². The largest absolute Gasteiger partial charge is 0.411 e. The second-order valence-corrected chi connectivity index (χ2v) is 78.5. The Balaban J connectivity index is 0.000000351. The van der Waals surface area contributed by atoms with Crippen molar-refractivity contribution in [3.8, 4) is 0 Å². The van der Waals surface area contributed by atoms with Gasteiger partial charge in [-0.3, -0.25) is 0 Å². The molecule has 0 saturated heterocycles. The third kappa shape index (κ3) is 34.5. The SMILES string of the molecule is C=C[Si](C)(Cl)Cl.C=C[Si](Cl)(Cl)c1ccccc1.CO[Si](C)(c1ccccc1)c1ccccc1.C[Si](C)(Cl)Cl.C[Si](Cl)(Cl)C1CCCCC1.C[Si](Cl)(Cl)c1ccccc1.Cl[Si](Cl)(C1CCCCC1)C1CCCCC1.Cl[Si](Cl)(c1ccccc1)c1ccccc1. The van der Waals surface area contributed by atoms with Crippen molar-refractivity contribution < 1.29 is 4.43 Å². The monoisotopic (exact) mass is 1600 g/mol. The fourth-order valence-corrected chi connectivity index (χ4v) is 26.9. The zero-order chi connectivity index (χ0) is 66.1. The van der Waals surface area contributed by atoms with E-state index in [0.29, 0.717) is 16.6 Å². The minimum atomic E-state index is -2.51. The number of rotatable bonds is 12.